The minimum Gasteiger partial charge on any atom is -0.303 e. The van der Waals surface area contributed by atoms with Gasteiger partial charge in [-0.15, -0.1) is 0 Å². The van der Waals surface area contributed by atoms with Gasteiger partial charge in [-0.1, -0.05) is 182 Å². The van der Waals surface area contributed by atoms with Crippen molar-refractivity contribution in [3.8, 4) is 0 Å². The van der Waals surface area contributed by atoms with E-state index in [1.54, 1.807) is 0 Å². The quantitative estimate of drug-likeness (QED) is 0.0843. The molecule has 0 saturated heterocycles. The van der Waals surface area contributed by atoms with Gasteiger partial charge in [0.05, 0.1) is 0 Å². The number of hydrogen-bond acceptors (Lipinski definition) is 1. The zero-order chi connectivity index (χ0) is 26.4. The predicted octanol–water partition coefficient (Wildman–Crippen LogP) is 12.5. The Kier molecular flexibility index (Phi) is 31.1. The van der Waals surface area contributed by atoms with Crippen molar-refractivity contribution in [3.05, 3.63) is 0 Å². The molecule has 0 heterocycles. The largest absolute Gasteiger partial charge is 0.303 e. The molecular weight excluding hydrogens is 434 g/mol. The molecule has 1 heteroatoms. The maximum absolute atomic E-state index is 2.84. The molecule has 0 aliphatic rings. The van der Waals surface area contributed by atoms with E-state index in [1.165, 1.54) is 193 Å². The smallest absolute Gasteiger partial charge is 0.00187 e. The first-order chi connectivity index (χ1) is 17.7. The first-order valence-electron chi connectivity index (χ1n) is 17.4. The number of rotatable bonds is 31. The van der Waals surface area contributed by atoms with Crippen LogP contribution in [0.5, 0.6) is 0 Å². The highest BCUT2D eigenvalue weighted by Gasteiger charge is 2.05. The van der Waals surface area contributed by atoms with Crippen molar-refractivity contribution < 1.29 is 0 Å². The molecule has 1 nitrogen and oxygen atoms in total. The molecule has 218 valence electrons. The molecule has 0 amide bonds. The van der Waals surface area contributed by atoms with E-state index in [2.05, 4.69) is 32.6 Å². The Labute approximate surface area is 231 Å². The summed E-state index contributed by atoms with van der Waals surface area (Å²) in [6.07, 6.45) is 39.2. The summed E-state index contributed by atoms with van der Waals surface area (Å²) >= 11 is 0. The Hall–Kier alpha value is -0.0400. The van der Waals surface area contributed by atoms with Crippen LogP contribution in [-0.4, -0.2) is 24.5 Å². The van der Waals surface area contributed by atoms with Crippen LogP contribution in [-0.2, 0) is 0 Å². The van der Waals surface area contributed by atoms with Crippen LogP contribution < -0.4 is 0 Å². The van der Waals surface area contributed by atoms with Gasteiger partial charge in [-0.2, -0.15) is 0 Å². The van der Waals surface area contributed by atoms with E-state index in [4.69, 9.17) is 0 Å². The number of hydrogen-bond donors (Lipinski definition) is 0. The van der Waals surface area contributed by atoms with Gasteiger partial charge >= 0.3 is 0 Å². The number of nitrogens with zero attached hydrogens (tertiary/aromatic N) is 1. The molecule has 0 radical (unpaired) electrons. The molecule has 0 bridgehead atoms. The molecule has 0 aromatic carbocycles. The Morgan fingerprint density at radius 2 is 0.583 bits per heavy atom. The second-order valence-electron chi connectivity index (χ2n) is 12.5. The van der Waals surface area contributed by atoms with Crippen molar-refractivity contribution in [1.29, 1.82) is 0 Å². The van der Waals surface area contributed by atoms with E-state index in [0.29, 0.717) is 0 Å². The second kappa shape index (κ2) is 31.2. The Morgan fingerprint density at radius 1 is 0.333 bits per heavy atom. The lowest BCUT2D eigenvalue weighted by molar-refractivity contribution is 0.254. The lowest BCUT2D eigenvalue weighted by atomic mass is 10.0. The third-order valence-electron chi connectivity index (χ3n) is 8.16. The Bertz CT molecular complexity index is 353. The fraction of sp³-hybridized carbons (Fsp3) is 1.00. The molecule has 0 aromatic heterocycles. The van der Waals surface area contributed by atoms with Crippen LogP contribution in [0.2, 0.25) is 0 Å². The SMILES string of the molecule is CCCCCCCCCCCCN(CCCCCCCCCCCC)CCCCCCCCC(C)C. The second-order valence-corrected chi connectivity index (χ2v) is 12.5. The molecule has 0 rings (SSSR count). The van der Waals surface area contributed by atoms with Crippen LogP contribution in [0.1, 0.15) is 201 Å². The molecule has 0 spiro atoms. The fourth-order valence-electron chi connectivity index (χ4n) is 5.58. The van der Waals surface area contributed by atoms with Gasteiger partial charge in [0.15, 0.2) is 0 Å². The third kappa shape index (κ3) is 30.2. The van der Waals surface area contributed by atoms with Crippen LogP contribution in [0.15, 0.2) is 0 Å². The van der Waals surface area contributed by atoms with Crippen molar-refractivity contribution in [2.45, 2.75) is 201 Å². The lowest BCUT2D eigenvalue weighted by Crippen LogP contribution is -2.27. The zero-order valence-electron chi connectivity index (χ0n) is 26.2. The maximum atomic E-state index is 2.84. The summed E-state index contributed by atoms with van der Waals surface area (Å²) in [5.41, 5.74) is 0. The zero-order valence-corrected chi connectivity index (χ0v) is 26.2. The fourth-order valence-corrected chi connectivity index (χ4v) is 5.58. The molecule has 0 aromatic rings. The summed E-state index contributed by atoms with van der Waals surface area (Å²) < 4.78 is 0. The van der Waals surface area contributed by atoms with Gasteiger partial charge in [-0.3, -0.25) is 0 Å². The van der Waals surface area contributed by atoms with E-state index in [9.17, 15) is 0 Å². The Morgan fingerprint density at radius 3 is 0.861 bits per heavy atom. The van der Waals surface area contributed by atoms with Gasteiger partial charge in [0, 0.05) is 0 Å². The normalized spacial score (nSPS) is 11.8. The Balaban J connectivity index is 3.88. The number of unbranched alkanes of at least 4 members (excludes halogenated alkanes) is 23. The molecular formula is C35H73N. The summed E-state index contributed by atoms with van der Waals surface area (Å²) in [4.78, 5) is 2.84. The van der Waals surface area contributed by atoms with Gasteiger partial charge in [0.2, 0.25) is 0 Å². The van der Waals surface area contributed by atoms with Gasteiger partial charge in [-0.25, -0.2) is 0 Å². The van der Waals surface area contributed by atoms with Gasteiger partial charge in [-0.05, 0) is 44.8 Å². The molecule has 0 atom stereocenters. The average molecular weight is 508 g/mol. The molecule has 0 N–H and O–H groups in total. The summed E-state index contributed by atoms with van der Waals surface area (Å²) in [5, 5.41) is 0. The molecule has 0 aliphatic heterocycles. The van der Waals surface area contributed by atoms with E-state index >= 15 is 0 Å². The van der Waals surface area contributed by atoms with Crippen LogP contribution in [0.3, 0.4) is 0 Å². The predicted molar refractivity (Wildman–Crippen MR) is 167 cm³/mol. The lowest BCUT2D eigenvalue weighted by Gasteiger charge is -2.22. The summed E-state index contributed by atoms with van der Waals surface area (Å²) in [7, 11) is 0. The van der Waals surface area contributed by atoms with Gasteiger partial charge in [0.1, 0.15) is 0 Å². The van der Waals surface area contributed by atoms with E-state index in [1.807, 2.05) is 0 Å². The van der Waals surface area contributed by atoms with Gasteiger partial charge < -0.3 is 4.90 Å². The van der Waals surface area contributed by atoms with Crippen molar-refractivity contribution >= 4 is 0 Å². The van der Waals surface area contributed by atoms with Crippen molar-refractivity contribution in [3.63, 3.8) is 0 Å². The van der Waals surface area contributed by atoms with Crippen molar-refractivity contribution in [2.24, 2.45) is 5.92 Å². The van der Waals surface area contributed by atoms with Crippen molar-refractivity contribution in [2.75, 3.05) is 19.6 Å². The molecule has 0 aliphatic carbocycles. The summed E-state index contributed by atoms with van der Waals surface area (Å²) in [5.74, 6) is 0.884. The highest BCUT2D eigenvalue weighted by molar-refractivity contribution is 4.61. The third-order valence-corrected chi connectivity index (χ3v) is 8.16. The van der Waals surface area contributed by atoms with E-state index in [0.717, 1.165) is 5.92 Å². The minimum atomic E-state index is 0.884. The average Bonchev–Trinajstić information content (AvgIpc) is 2.87. The van der Waals surface area contributed by atoms with Crippen LogP contribution >= 0.6 is 0 Å². The van der Waals surface area contributed by atoms with Crippen molar-refractivity contribution in [1.82, 2.24) is 4.90 Å². The topological polar surface area (TPSA) is 3.24 Å². The van der Waals surface area contributed by atoms with Gasteiger partial charge in [0.25, 0.3) is 0 Å². The first kappa shape index (κ1) is 36.0. The van der Waals surface area contributed by atoms with E-state index < -0.39 is 0 Å². The molecule has 0 saturated carbocycles. The van der Waals surface area contributed by atoms with E-state index in [-0.39, 0.29) is 0 Å². The highest BCUT2D eigenvalue weighted by Crippen LogP contribution is 2.15. The maximum Gasteiger partial charge on any atom is -0.00187 e. The molecule has 0 unspecified atom stereocenters. The van der Waals surface area contributed by atoms with Crippen LogP contribution in [0, 0.1) is 5.92 Å². The minimum absolute atomic E-state index is 0.884. The standard InChI is InChI=1S/C35H73N/c1-5-7-9-11-13-15-17-20-24-28-32-36(34-30-26-22-19-23-27-31-35(3)4)33-29-25-21-18-16-14-12-10-8-6-2/h35H,5-34H2,1-4H3. The molecule has 36 heavy (non-hydrogen) atoms. The first-order valence-corrected chi connectivity index (χ1v) is 17.4. The summed E-state index contributed by atoms with van der Waals surface area (Å²) in [6, 6.07) is 0. The highest BCUT2D eigenvalue weighted by atomic mass is 15.1. The van der Waals surface area contributed by atoms with Crippen LogP contribution in [0.25, 0.3) is 0 Å². The monoisotopic (exact) mass is 508 g/mol. The molecule has 0 fully saturated rings. The van der Waals surface area contributed by atoms with Crippen LogP contribution in [0.4, 0.5) is 0 Å². The summed E-state index contributed by atoms with van der Waals surface area (Å²) in [6.45, 7) is 13.4.